The maximum absolute atomic E-state index is 12.6. The Labute approximate surface area is 111 Å². The lowest BCUT2D eigenvalue weighted by Crippen LogP contribution is -2.30. The van der Waals surface area contributed by atoms with E-state index in [1.54, 1.807) is 13.0 Å². The number of nitrogens with one attached hydrogen (secondary N) is 1. The number of nitrogens with zero attached hydrogens (tertiary/aromatic N) is 1. The third-order valence-corrected chi connectivity index (χ3v) is 3.03. The second kappa shape index (κ2) is 6.58. The standard InChI is InChI=1S/C14H17F3N2/c1-3-13(7-8-18)19-10(2)11-5-4-6-12(9-11)14(15,16)17/h4-6,9-10,13,19H,3,7H2,1-2H3. The molecule has 0 radical (unpaired) electrons. The minimum Gasteiger partial charge on any atom is -0.306 e. The van der Waals surface area contributed by atoms with Gasteiger partial charge in [0.1, 0.15) is 0 Å². The molecular weight excluding hydrogens is 253 g/mol. The van der Waals surface area contributed by atoms with Gasteiger partial charge in [-0.2, -0.15) is 18.4 Å². The number of rotatable bonds is 5. The maximum atomic E-state index is 12.6. The van der Waals surface area contributed by atoms with Gasteiger partial charge in [0, 0.05) is 12.1 Å². The van der Waals surface area contributed by atoms with Crippen molar-refractivity contribution in [2.45, 2.75) is 44.9 Å². The molecule has 0 bridgehead atoms. The summed E-state index contributed by atoms with van der Waals surface area (Å²) >= 11 is 0. The SMILES string of the molecule is CCC(CC#N)NC(C)c1cccc(C(F)(F)F)c1. The van der Waals surface area contributed by atoms with Gasteiger partial charge in [-0.1, -0.05) is 19.1 Å². The molecule has 0 amide bonds. The van der Waals surface area contributed by atoms with Crippen molar-refractivity contribution in [3.63, 3.8) is 0 Å². The van der Waals surface area contributed by atoms with E-state index in [0.29, 0.717) is 12.0 Å². The summed E-state index contributed by atoms with van der Waals surface area (Å²) in [6.07, 6.45) is -3.22. The van der Waals surface area contributed by atoms with E-state index < -0.39 is 11.7 Å². The fourth-order valence-corrected chi connectivity index (χ4v) is 1.87. The van der Waals surface area contributed by atoms with Crippen molar-refractivity contribution in [1.82, 2.24) is 5.32 Å². The zero-order valence-corrected chi connectivity index (χ0v) is 11.0. The first-order valence-electron chi connectivity index (χ1n) is 6.18. The van der Waals surface area contributed by atoms with Crippen LogP contribution in [0.2, 0.25) is 0 Å². The first kappa shape index (κ1) is 15.5. The molecule has 1 rings (SSSR count). The molecule has 104 valence electrons. The van der Waals surface area contributed by atoms with Crippen LogP contribution >= 0.6 is 0 Å². The molecule has 0 aliphatic rings. The molecule has 0 aromatic heterocycles. The lowest BCUT2D eigenvalue weighted by molar-refractivity contribution is -0.137. The molecular formula is C14H17F3N2. The van der Waals surface area contributed by atoms with Crippen LogP contribution in [0, 0.1) is 11.3 Å². The average molecular weight is 270 g/mol. The van der Waals surface area contributed by atoms with Crippen molar-refractivity contribution in [3.8, 4) is 6.07 Å². The normalized spacial score (nSPS) is 14.7. The van der Waals surface area contributed by atoms with Gasteiger partial charge in [0.05, 0.1) is 18.1 Å². The minimum atomic E-state index is -4.33. The van der Waals surface area contributed by atoms with Crippen LogP contribution in [0.3, 0.4) is 0 Å². The Balaban J connectivity index is 2.83. The maximum Gasteiger partial charge on any atom is 0.416 e. The van der Waals surface area contributed by atoms with Gasteiger partial charge in [-0.05, 0) is 31.0 Å². The van der Waals surface area contributed by atoms with Crippen molar-refractivity contribution in [1.29, 1.82) is 5.26 Å². The number of nitriles is 1. The topological polar surface area (TPSA) is 35.8 Å². The molecule has 0 aliphatic carbocycles. The van der Waals surface area contributed by atoms with E-state index in [2.05, 4.69) is 11.4 Å². The summed E-state index contributed by atoms with van der Waals surface area (Å²) < 4.78 is 37.9. The predicted octanol–water partition coefficient (Wildman–Crippen LogP) is 4.05. The molecule has 0 fully saturated rings. The van der Waals surface area contributed by atoms with Gasteiger partial charge in [0.2, 0.25) is 0 Å². The Bertz CT molecular complexity index is 449. The van der Waals surface area contributed by atoms with Crippen molar-refractivity contribution >= 4 is 0 Å². The molecule has 2 atom stereocenters. The fraction of sp³-hybridized carbons (Fsp3) is 0.500. The largest absolute Gasteiger partial charge is 0.416 e. The summed E-state index contributed by atoms with van der Waals surface area (Å²) in [5.74, 6) is 0. The van der Waals surface area contributed by atoms with Crippen molar-refractivity contribution < 1.29 is 13.2 Å². The van der Waals surface area contributed by atoms with Gasteiger partial charge in [0.25, 0.3) is 0 Å². The number of alkyl halides is 3. The molecule has 2 nitrogen and oxygen atoms in total. The molecule has 0 saturated carbocycles. The van der Waals surface area contributed by atoms with Crippen LogP contribution in [-0.4, -0.2) is 6.04 Å². The number of hydrogen-bond donors (Lipinski definition) is 1. The van der Waals surface area contributed by atoms with E-state index in [-0.39, 0.29) is 12.1 Å². The van der Waals surface area contributed by atoms with Gasteiger partial charge in [-0.15, -0.1) is 0 Å². The van der Waals surface area contributed by atoms with Crippen LogP contribution in [0.1, 0.15) is 43.9 Å². The second-order valence-electron chi connectivity index (χ2n) is 4.48. The van der Waals surface area contributed by atoms with Gasteiger partial charge < -0.3 is 5.32 Å². The summed E-state index contributed by atoms with van der Waals surface area (Å²) in [5.41, 5.74) is -0.0711. The zero-order chi connectivity index (χ0) is 14.5. The van der Waals surface area contributed by atoms with E-state index in [0.717, 1.165) is 18.6 Å². The van der Waals surface area contributed by atoms with Crippen LogP contribution in [0.4, 0.5) is 13.2 Å². The van der Waals surface area contributed by atoms with Gasteiger partial charge >= 0.3 is 6.18 Å². The summed E-state index contributed by atoms with van der Waals surface area (Å²) in [6, 6.07) is 7.11. The Kier molecular flexibility index (Phi) is 5.37. The van der Waals surface area contributed by atoms with Crippen molar-refractivity contribution in [2.24, 2.45) is 0 Å². The highest BCUT2D eigenvalue weighted by Crippen LogP contribution is 2.30. The smallest absolute Gasteiger partial charge is 0.306 e. The lowest BCUT2D eigenvalue weighted by Gasteiger charge is -2.21. The Hall–Kier alpha value is -1.54. The summed E-state index contributed by atoms with van der Waals surface area (Å²) in [7, 11) is 0. The average Bonchev–Trinajstić information content (AvgIpc) is 2.37. The van der Waals surface area contributed by atoms with Gasteiger partial charge in [-0.3, -0.25) is 0 Å². The quantitative estimate of drug-likeness (QED) is 0.876. The third-order valence-electron chi connectivity index (χ3n) is 3.03. The van der Waals surface area contributed by atoms with E-state index in [4.69, 9.17) is 5.26 Å². The van der Waals surface area contributed by atoms with Crippen LogP contribution in [0.15, 0.2) is 24.3 Å². The lowest BCUT2D eigenvalue weighted by atomic mass is 10.0. The Morgan fingerprint density at radius 2 is 2.05 bits per heavy atom. The molecule has 0 heterocycles. The Morgan fingerprint density at radius 1 is 1.37 bits per heavy atom. The monoisotopic (exact) mass is 270 g/mol. The van der Waals surface area contributed by atoms with E-state index in [1.807, 2.05) is 6.92 Å². The van der Waals surface area contributed by atoms with Crippen LogP contribution in [-0.2, 0) is 6.18 Å². The van der Waals surface area contributed by atoms with Crippen LogP contribution in [0.25, 0.3) is 0 Å². The zero-order valence-electron chi connectivity index (χ0n) is 11.0. The van der Waals surface area contributed by atoms with Crippen molar-refractivity contribution in [3.05, 3.63) is 35.4 Å². The number of halogens is 3. The highest BCUT2D eigenvalue weighted by Gasteiger charge is 2.30. The van der Waals surface area contributed by atoms with Crippen molar-refractivity contribution in [2.75, 3.05) is 0 Å². The molecule has 1 aromatic rings. The molecule has 1 aromatic carbocycles. The molecule has 2 unspecified atom stereocenters. The highest BCUT2D eigenvalue weighted by molar-refractivity contribution is 5.27. The third kappa shape index (κ3) is 4.56. The van der Waals surface area contributed by atoms with E-state index >= 15 is 0 Å². The molecule has 0 spiro atoms. The van der Waals surface area contributed by atoms with Crippen LogP contribution in [0.5, 0.6) is 0 Å². The van der Waals surface area contributed by atoms with Crippen LogP contribution < -0.4 is 5.32 Å². The molecule has 5 heteroatoms. The summed E-state index contributed by atoms with van der Waals surface area (Å²) in [6.45, 7) is 3.74. The Morgan fingerprint density at radius 3 is 2.58 bits per heavy atom. The first-order valence-corrected chi connectivity index (χ1v) is 6.18. The predicted molar refractivity (Wildman–Crippen MR) is 67.3 cm³/mol. The molecule has 0 saturated heterocycles. The second-order valence-corrected chi connectivity index (χ2v) is 4.48. The van der Waals surface area contributed by atoms with Gasteiger partial charge in [0.15, 0.2) is 0 Å². The van der Waals surface area contributed by atoms with E-state index in [1.165, 1.54) is 6.07 Å². The molecule has 0 aliphatic heterocycles. The molecule has 19 heavy (non-hydrogen) atoms. The van der Waals surface area contributed by atoms with E-state index in [9.17, 15) is 13.2 Å². The highest BCUT2D eigenvalue weighted by atomic mass is 19.4. The summed E-state index contributed by atoms with van der Waals surface area (Å²) in [5, 5.41) is 11.8. The fourth-order valence-electron chi connectivity index (χ4n) is 1.87. The molecule has 1 N–H and O–H groups in total. The minimum absolute atomic E-state index is 0.00505. The van der Waals surface area contributed by atoms with Gasteiger partial charge in [-0.25, -0.2) is 0 Å². The summed E-state index contributed by atoms with van der Waals surface area (Å²) in [4.78, 5) is 0. The first-order chi connectivity index (χ1) is 8.88. The number of hydrogen-bond acceptors (Lipinski definition) is 2. The number of benzene rings is 1.